The molecular formula is C15H23N3O2. The molecule has 2 aliphatic heterocycles. The van der Waals surface area contributed by atoms with E-state index in [1.54, 1.807) is 0 Å². The van der Waals surface area contributed by atoms with Crippen molar-refractivity contribution in [1.82, 2.24) is 9.88 Å². The SMILES string of the molecule is CNc1ccc([C@@H]2CN(C3CCOCC3)CCO2)nc1. The Kier molecular flexibility index (Phi) is 4.50. The van der Waals surface area contributed by atoms with Gasteiger partial charge in [0.05, 0.1) is 24.2 Å². The van der Waals surface area contributed by atoms with Gasteiger partial charge in [-0.15, -0.1) is 0 Å². The molecule has 2 fully saturated rings. The molecule has 1 N–H and O–H groups in total. The van der Waals surface area contributed by atoms with Crippen LogP contribution in [0, 0.1) is 0 Å². The summed E-state index contributed by atoms with van der Waals surface area (Å²) < 4.78 is 11.4. The van der Waals surface area contributed by atoms with Crippen LogP contribution in [0.3, 0.4) is 0 Å². The van der Waals surface area contributed by atoms with Gasteiger partial charge in [0.2, 0.25) is 0 Å². The first-order valence-electron chi connectivity index (χ1n) is 7.44. The highest BCUT2D eigenvalue weighted by molar-refractivity contribution is 5.40. The molecule has 20 heavy (non-hydrogen) atoms. The van der Waals surface area contributed by atoms with Crippen molar-refractivity contribution in [1.29, 1.82) is 0 Å². The molecule has 1 atom stereocenters. The minimum Gasteiger partial charge on any atom is -0.387 e. The van der Waals surface area contributed by atoms with Crippen LogP contribution in [0.1, 0.15) is 24.6 Å². The Morgan fingerprint density at radius 3 is 2.80 bits per heavy atom. The van der Waals surface area contributed by atoms with Gasteiger partial charge < -0.3 is 14.8 Å². The lowest BCUT2D eigenvalue weighted by Crippen LogP contribution is -2.47. The van der Waals surface area contributed by atoms with E-state index in [4.69, 9.17) is 9.47 Å². The summed E-state index contributed by atoms with van der Waals surface area (Å²) in [5.41, 5.74) is 2.06. The number of morpholine rings is 1. The molecule has 0 unspecified atom stereocenters. The normalized spacial score (nSPS) is 25.6. The molecule has 2 saturated heterocycles. The van der Waals surface area contributed by atoms with E-state index in [1.807, 2.05) is 13.2 Å². The molecule has 3 heterocycles. The van der Waals surface area contributed by atoms with Crippen LogP contribution < -0.4 is 5.32 Å². The molecule has 0 saturated carbocycles. The zero-order valence-corrected chi connectivity index (χ0v) is 12.0. The zero-order valence-electron chi connectivity index (χ0n) is 12.0. The predicted molar refractivity (Wildman–Crippen MR) is 77.9 cm³/mol. The molecule has 3 rings (SSSR count). The van der Waals surface area contributed by atoms with E-state index in [1.165, 1.54) is 0 Å². The van der Waals surface area contributed by atoms with Gasteiger partial charge in [-0.05, 0) is 25.0 Å². The molecule has 0 spiro atoms. The zero-order chi connectivity index (χ0) is 13.8. The van der Waals surface area contributed by atoms with Crippen LogP contribution in [0.15, 0.2) is 18.3 Å². The number of anilines is 1. The third kappa shape index (κ3) is 3.11. The smallest absolute Gasteiger partial charge is 0.112 e. The Morgan fingerprint density at radius 1 is 1.25 bits per heavy atom. The summed E-state index contributed by atoms with van der Waals surface area (Å²) in [4.78, 5) is 7.06. The fourth-order valence-corrected chi connectivity index (χ4v) is 2.97. The number of hydrogen-bond acceptors (Lipinski definition) is 5. The van der Waals surface area contributed by atoms with Crippen molar-refractivity contribution in [2.24, 2.45) is 0 Å². The molecule has 2 aliphatic rings. The van der Waals surface area contributed by atoms with Gasteiger partial charge in [-0.1, -0.05) is 0 Å². The molecule has 1 aromatic heterocycles. The summed E-state index contributed by atoms with van der Waals surface area (Å²) in [5.74, 6) is 0. The molecule has 0 radical (unpaired) electrons. The van der Waals surface area contributed by atoms with Gasteiger partial charge in [0.25, 0.3) is 0 Å². The van der Waals surface area contributed by atoms with E-state index in [-0.39, 0.29) is 6.10 Å². The van der Waals surface area contributed by atoms with Gasteiger partial charge >= 0.3 is 0 Å². The first kappa shape index (κ1) is 13.8. The van der Waals surface area contributed by atoms with Crippen molar-refractivity contribution in [3.05, 3.63) is 24.0 Å². The molecule has 0 amide bonds. The number of ether oxygens (including phenoxy) is 2. The predicted octanol–water partition coefficient (Wildman–Crippen LogP) is 1.68. The standard InChI is InChI=1S/C15H23N3O2/c1-16-12-2-3-14(17-10-12)15-11-18(6-9-20-15)13-4-7-19-8-5-13/h2-3,10,13,15-16H,4-9,11H2,1H3/t15-/m0/s1. The van der Waals surface area contributed by atoms with E-state index < -0.39 is 0 Å². The lowest BCUT2D eigenvalue weighted by Gasteiger charge is -2.39. The van der Waals surface area contributed by atoms with Crippen LogP contribution in [-0.4, -0.2) is 55.9 Å². The van der Waals surface area contributed by atoms with Crippen molar-refractivity contribution >= 4 is 5.69 Å². The van der Waals surface area contributed by atoms with Gasteiger partial charge in [0.1, 0.15) is 6.10 Å². The Balaban J connectivity index is 1.64. The van der Waals surface area contributed by atoms with Gasteiger partial charge in [0.15, 0.2) is 0 Å². The number of nitrogens with zero attached hydrogens (tertiary/aromatic N) is 2. The van der Waals surface area contributed by atoms with Crippen LogP contribution in [0.2, 0.25) is 0 Å². The Hall–Kier alpha value is -1.17. The van der Waals surface area contributed by atoms with Gasteiger partial charge in [-0.2, -0.15) is 0 Å². The minimum atomic E-state index is 0.0949. The average Bonchev–Trinajstić information content (AvgIpc) is 2.56. The van der Waals surface area contributed by atoms with Gasteiger partial charge in [0, 0.05) is 39.4 Å². The molecule has 5 heteroatoms. The van der Waals surface area contributed by atoms with E-state index in [0.29, 0.717) is 6.04 Å². The first-order chi connectivity index (χ1) is 9.86. The van der Waals surface area contributed by atoms with Crippen LogP contribution in [0.5, 0.6) is 0 Å². The number of nitrogens with one attached hydrogen (secondary N) is 1. The summed E-state index contributed by atoms with van der Waals surface area (Å²) in [7, 11) is 1.90. The molecule has 5 nitrogen and oxygen atoms in total. The fraction of sp³-hybridized carbons (Fsp3) is 0.667. The highest BCUT2D eigenvalue weighted by atomic mass is 16.5. The second-order valence-corrected chi connectivity index (χ2v) is 5.42. The second kappa shape index (κ2) is 6.52. The van der Waals surface area contributed by atoms with Crippen molar-refractivity contribution in [3.8, 4) is 0 Å². The van der Waals surface area contributed by atoms with E-state index in [0.717, 1.165) is 57.1 Å². The Morgan fingerprint density at radius 2 is 2.10 bits per heavy atom. The monoisotopic (exact) mass is 277 g/mol. The Bertz CT molecular complexity index is 418. The van der Waals surface area contributed by atoms with Crippen LogP contribution in [0.25, 0.3) is 0 Å². The summed E-state index contributed by atoms with van der Waals surface area (Å²) in [6.07, 6.45) is 4.24. The summed E-state index contributed by atoms with van der Waals surface area (Å²) >= 11 is 0. The van der Waals surface area contributed by atoms with Crippen molar-refractivity contribution in [3.63, 3.8) is 0 Å². The quantitative estimate of drug-likeness (QED) is 0.911. The van der Waals surface area contributed by atoms with Crippen molar-refractivity contribution in [2.75, 3.05) is 45.3 Å². The highest BCUT2D eigenvalue weighted by Gasteiger charge is 2.28. The number of aromatic nitrogens is 1. The van der Waals surface area contributed by atoms with Crippen LogP contribution in [0.4, 0.5) is 5.69 Å². The van der Waals surface area contributed by atoms with Crippen LogP contribution in [-0.2, 0) is 9.47 Å². The van der Waals surface area contributed by atoms with Gasteiger partial charge in [-0.3, -0.25) is 9.88 Å². The largest absolute Gasteiger partial charge is 0.387 e. The maximum Gasteiger partial charge on any atom is 0.112 e. The maximum atomic E-state index is 5.90. The first-order valence-corrected chi connectivity index (χ1v) is 7.44. The van der Waals surface area contributed by atoms with E-state index in [9.17, 15) is 0 Å². The summed E-state index contributed by atoms with van der Waals surface area (Å²) in [6, 6.07) is 4.76. The van der Waals surface area contributed by atoms with Crippen molar-refractivity contribution in [2.45, 2.75) is 25.0 Å². The third-order valence-corrected chi connectivity index (χ3v) is 4.21. The molecule has 0 bridgehead atoms. The molecule has 0 aromatic carbocycles. The fourth-order valence-electron chi connectivity index (χ4n) is 2.97. The number of hydrogen-bond donors (Lipinski definition) is 1. The van der Waals surface area contributed by atoms with Crippen LogP contribution >= 0.6 is 0 Å². The van der Waals surface area contributed by atoms with Gasteiger partial charge in [-0.25, -0.2) is 0 Å². The molecule has 1 aromatic rings. The summed E-state index contributed by atoms with van der Waals surface area (Å²) in [6.45, 7) is 4.54. The average molecular weight is 277 g/mol. The summed E-state index contributed by atoms with van der Waals surface area (Å²) in [5, 5.41) is 3.09. The van der Waals surface area contributed by atoms with E-state index in [2.05, 4.69) is 27.3 Å². The topological polar surface area (TPSA) is 46.6 Å². The van der Waals surface area contributed by atoms with E-state index >= 15 is 0 Å². The number of pyridine rings is 1. The Labute approximate surface area is 120 Å². The maximum absolute atomic E-state index is 5.90. The van der Waals surface area contributed by atoms with Crippen molar-refractivity contribution < 1.29 is 9.47 Å². The molecular weight excluding hydrogens is 254 g/mol. The lowest BCUT2D eigenvalue weighted by molar-refractivity contribution is -0.0647. The lowest BCUT2D eigenvalue weighted by atomic mass is 10.0. The molecule has 0 aliphatic carbocycles. The second-order valence-electron chi connectivity index (χ2n) is 5.42. The number of rotatable bonds is 3. The third-order valence-electron chi connectivity index (χ3n) is 4.21. The molecule has 110 valence electrons. The minimum absolute atomic E-state index is 0.0949. The highest BCUT2D eigenvalue weighted by Crippen LogP contribution is 2.25.